The quantitative estimate of drug-likeness (QED) is 0.183. The molecule has 0 radical (unpaired) electrons. The lowest BCUT2D eigenvalue weighted by atomic mass is 10.1. The van der Waals surface area contributed by atoms with Crippen LogP contribution in [0.4, 0.5) is 5.82 Å². The van der Waals surface area contributed by atoms with Gasteiger partial charge >= 0.3 is 7.60 Å². The zero-order valence-corrected chi connectivity index (χ0v) is 20.7. The Bertz CT molecular complexity index is 1390. The third-order valence-corrected chi connectivity index (χ3v) is 9.21. The molecular weight excluding hydrogens is 550 g/mol. The molecule has 0 aliphatic carbocycles. The summed E-state index contributed by atoms with van der Waals surface area (Å²) in [5.74, 6) is -0.724. The number of aliphatic hydroxyl groups excluding tert-OH is 2. The number of sulfone groups is 1. The Morgan fingerprint density at radius 1 is 1.11 bits per heavy atom. The standard InChI is InChI=1S/C17H19Cl2N6O8PS/c18-9-3-1-8(2-4-9)5-20-14-11-15(22-17(19)21-14)25(24-23-11)16-13(27)12(26)10(33-16)6-35(31,32)7-34(28,29)30/h1-4,10,12-13,16,26-27H,5-7H2,(H,20,21,22)(H2,28,29,30)/t10-,12-,13-,16-/m1/s1. The third-order valence-electron chi connectivity index (χ3n) is 5.03. The molecule has 4 rings (SSSR count). The number of hydrogen-bond donors (Lipinski definition) is 5. The van der Waals surface area contributed by atoms with Gasteiger partial charge in [0.05, 0.1) is 5.75 Å². The summed E-state index contributed by atoms with van der Waals surface area (Å²) >= 11 is 11.9. The van der Waals surface area contributed by atoms with Gasteiger partial charge in [0.2, 0.25) is 5.28 Å². The zero-order chi connectivity index (χ0) is 25.5. The molecule has 0 bridgehead atoms. The predicted molar refractivity (Wildman–Crippen MR) is 124 cm³/mol. The molecule has 0 amide bonds. The lowest BCUT2D eigenvalue weighted by molar-refractivity contribution is -0.0375. The second-order valence-electron chi connectivity index (χ2n) is 7.78. The minimum atomic E-state index is -4.88. The normalized spacial score (nSPS) is 23.1. The number of halogens is 2. The molecule has 5 N–H and O–H groups in total. The SMILES string of the molecule is O=P(O)(O)CS(=O)(=O)C[C@H]1O[C@@H](n2nnc3c(NCc4ccc(Cl)cc4)nc(Cl)nc32)[C@H](O)[C@@H]1O. The van der Waals surface area contributed by atoms with E-state index in [9.17, 15) is 23.2 Å². The van der Waals surface area contributed by atoms with Crippen LogP contribution < -0.4 is 5.32 Å². The first-order valence-electron chi connectivity index (χ1n) is 9.86. The predicted octanol–water partition coefficient (Wildman–Crippen LogP) is 0.309. The van der Waals surface area contributed by atoms with E-state index in [2.05, 4.69) is 25.6 Å². The van der Waals surface area contributed by atoms with Crippen molar-refractivity contribution >= 4 is 57.6 Å². The number of hydrogen-bond acceptors (Lipinski definition) is 11. The highest BCUT2D eigenvalue weighted by molar-refractivity contribution is 7.97. The summed E-state index contributed by atoms with van der Waals surface area (Å²) in [5, 5.41) is 32.1. The molecule has 1 aliphatic rings. The maximum Gasteiger partial charge on any atom is 0.340 e. The molecule has 4 atom stereocenters. The maximum atomic E-state index is 12.1. The van der Waals surface area contributed by atoms with Gasteiger partial charge in [-0.05, 0) is 29.3 Å². The fourth-order valence-corrected chi connectivity index (χ4v) is 7.05. The molecule has 1 saturated heterocycles. The number of aliphatic hydroxyl groups is 2. The van der Waals surface area contributed by atoms with Crippen LogP contribution in [-0.2, 0) is 25.7 Å². The highest BCUT2D eigenvalue weighted by atomic mass is 35.5. The summed E-state index contributed by atoms with van der Waals surface area (Å²) in [6.07, 6.45) is -6.27. The molecule has 1 aliphatic heterocycles. The van der Waals surface area contributed by atoms with E-state index in [-0.39, 0.29) is 22.3 Å². The average molecular weight is 569 g/mol. The van der Waals surface area contributed by atoms with E-state index < -0.39 is 53.2 Å². The third kappa shape index (κ3) is 6.07. The van der Waals surface area contributed by atoms with E-state index in [0.29, 0.717) is 11.6 Å². The van der Waals surface area contributed by atoms with Gasteiger partial charge in [0.1, 0.15) is 18.3 Å². The van der Waals surface area contributed by atoms with Gasteiger partial charge in [-0.25, -0.2) is 8.42 Å². The zero-order valence-electron chi connectivity index (χ0n) is 17.5. The smallest absolute Gasteiger partial charge is 0.340 e. The minimum absolute atomic E-state index is 0.0265. The number of ether oxygens (including phenoxy) is 1. The van der Waals surface area contributed by atoms with E-state index in [0.717, 1.165) is 10.2 Å². The Morgan fingerprint density at radius 3 is 2.46 bits per heavy atom. The van der Waals surface area contributed by atoms with E-state index >= 15 is 0 Å². The highest BCUT2D eigenvalue weighted by Gasteiger charge is 2.47. The molecule has 1 aromatic carbocycles. The number of fused-ring (bicyclic) bond motifs is 1. The van der Waals surface area contributed by atoms with Crippen molar-refractivity contribution in [3.05, 3.63) is 40.1 Å². The summed E-state index contributed by atoms with van der Waals surface area (Å²) in [6, 6.07) is 7.05. The van der Waals surface area contributed by atoms with Crippen LogP contribution in [-0.4, -0.2) is 82.9 Å². The molecule has 0 saturated carbocycles. The molecular formula is C17H19Cl2N6O8PS. The first-order chi connectivity index (χ1) is 16.3. The number of nitrogens with one attached hydrogen (secondary N) is 1. The minimum Gasteiger partial charge on any atom is -0.387 e. The molecule has 3 heterocycles. The molecule has 190 valence electrons. The fourth-order valence-electron chi connectivity index (χ4n) is 3.51. The Kier molecular flexibility index (Phi) is 7.35. The Hall–Kier alpha value is -1.94. The van der Waals surface area contributed by atoms with Crippen LogP contribution in [0.1, 0.15) is 11.8 Å². The van der Waals surface area contributed by atoms with Gasteiger partial charge < -0.3 is 30.1 Å². The van der Waals surface area contributed by atoms with E-state index in [1.54, 1.807) is 24.3 Å². The van der Waals surface area contributed by atoms with Crippen LogP contribution in [0.5, 0.6) is 0 Å². The summed E-state index contributed by atoms with van der Waals surface area (Å²) in [5.41, 5.74) is -0.364. The lowest BCUT2D eigenvalue weighted by Gasteiger charge is -2.15. The number of aromatic nitrogens is 5. The van der Waals surface area contributed by atoms with Crippen molar-refractivity contribution in [2.75, 3.05) is 16.6 Å². The van der Waals surface area contributed by atoms with Crippen LogP contribution in [0.2, 0.25) is 10.3 Å². The van der Waals surface area contributed by atoms with Crippen LogP contribution in [0.3, 0.4) is 0 Å². The molecule has 3 aromatic rings. The van der Waals surface area contributed by atoms with E-state index in [4.69, 9.17) is 37.7 Å². The highest BCUT2D eigenvalue weighted by Crippen LogP contribution is 2.38. The van der Waals surface area contributed by atoms with E-state index in [1.807, 2.05) is 0 Å². The number of benzene rings is 1. The lowest BCUT2D eigenvalue weighted by Crippen LogP contribution is -2.36. The molecule has 0 unspecified atom stereocenters. The second-order valence-corrected chi connectivity index (χ2v) is 12.7. The molecule has 2 aromatic heterocycles. The Balaban J connectivity index is 1.58. The van der Waals surface area contributed by atoms with Gasteiger partial charge in [0, 0.05) is 11.6 Å². The van der Waals surface area contributed by atoms with Gasteiger partial charge in [-0.3, -0.25) is 4.57 Å². The topological polar surface area (TPSA) is 210 Å². The second kappa shape index (κ2) is 9.84. The van der Waals surface area contributed by atoms with Crippen LogP contribution in [0.15, 0.2) is 24.3 Å². The van der Waals surface area contributed by atoms with Gasteiger partial charge in [0.25, 0.3) is 0 Å². The first-order valence-corrected chi connectivity index (χ1v) is 14.2. The van der Waals surface area contributed by atoms with Crippen molar-refractivity contribution in [2.24, 2.45) is 0 Å². The molecule has 14 nitrogen and oxygen atoms in total. The van der Waals surface area contributed by atoms with Crippen molar-refractivity contribution < 1.29 is 37.7 Å². The van der Waals surface area contributed by atoms with Crippen LogP contribution >= 0.6 is 30.8 Å². The molecule has 35 heavy (non-hydrogen) atoms. The fraction of sp³-hybridized carbons (Fsp3) is 0.412. The van der Waals surface area contributed by atoms with Gasteiger partial charge in [-0.2, -0.15) is 14.6 Å². The molecule has 1 fully saturated rings. The molecule has 0 spiro atoms. The van der Waals surface area contributed by atoms with Crippen molar-refractivity contribution in [3.63, 3.8) is 0 Å². The Morgan fingerprint density at radius 2 is 1.80 bits per heavy atom. The van der Waals surface area contributed by atoms with Gasteiger partial charge in [-0.15, -0.1) is 5.10 Å². The molecule has 18 heteroatoms. The summed E-state index contributed by atoms with van der Waals surface area (Å²) < 4.78 is 41.8. The summed E-state index contributed by atoms with van der Waals surface area (Å²) in [7, 11) is -9.21. The van der Waals surface area contributed by atoms with Crippen molar-refractivity contribution in [1.82, 2.24) is 25.0 Å². The largest absolute Gasteiger partial charge is 0.387 e. The van der Waals surface area contributed by atoms with Crippen molar-refractivity contribution in [3.8, 4) is 0 Å². The average Bonchev–Trinajstić information content (AvgIpc) is 3.27. The van der Waals surface area contributed by atoms with Gasteiger partial charge in [0.15, 0.2) is 38.5 Å². The Labute approximate surface area is 207 Å². The first kappa shape index (κ1) is 26.1. The summed E-state index contributed by atoms with van der Waals surface area (Å²) in [6.45, 7) is 0.327. The van der Waals surface area contributed by atoms with Crippen molar-refractivity contribution in [1.29, 1.82) is 0 Å². The van der Waals surface area contributed by atoms with Gasteiger partial charge in [-0.1, -0.05) is 28.9 Å². The van der Waals surface area contributed by atoms with Crippen LogP contribution in [0.25, 0.3) is 11.2 Å². The number of rotatable bonds is 8. The van der Waals surface area contributed by atoms with Crippen LogP contribution in [0, 0.1) is 0 Å². The number of anilines is 1. The maximum absolute atomic E-state index is 12.1. The van der Waals surface area contributed by atoms with Crippen molar-refractivity contribution in [2.45, 2.75) is 31.1 Å². The summed E-state index contributed by atoms with van der Waals surface area (Å²) in [4.78, 5) is 26.1. The monoisotopic (exact) mass is 568 g/mol. The van der Waals surface area contributed by atoms with E-state index in [1.165, 1.54) is 0 Å². The number of nitrogens with zero attached hydrogens (tertiary/aromatic N) is 5.